The van der Waals surface area contributed by atoms with E-state index in [4.69, 9.17) is 9.47 Å². The number of likely N-dealkylation sites (tertiary alicyclic amines) is 1. The number of hydrogen-bond donors (Lipinski definition) is 0. The molecule has 0 saturated carbocycles. The van der Waals surface area contributed by atoms with Gasteiger partial charge >= 0.3 is 12.1 Å². The number of nitrogens with zero attached hydrogens (tertiary/aromatic N) is 2. The van der Waals surface area contributed by atoms with Crippen molar-refractivity contribution in [1.29, 1.82) is 0 Å². The van der Waals surface area contributed by atoms with Crippen LogP contribution < -0.4 is 0 Å². The Morgan fingerprint density at radius 3 is 2.02 bits per heavy atom. The lowest BCUT2D eigenvalue weighted by molar-refractivity contribution is -0.203. The SMILES string of the molecule is C=CC[C@@](C)(C(=O)OC(C)(C)C)N1C(=O)[C@](Cc2ccccc2)(N2C(=O)OC[C@@H]2c2ccccc2)[C@H]1c1ccccc1. The quantitative estimate of drug-likeness (QED) is 0.170. The summed E-state index contributed by atoms with van der Waals surface area (Å²) in [6, 6.07) is 27.7. The summed E-state index contributed by atoms with van der Waals surface area (Å²) in [4.78, 5) is 45.9. The average Bonchev–Trinajstić information content (AvgIpc) is 3.36. The first kappa shape index (κ1) is 29.1. The zero-order valence-corrected chi connectivity index (χ0v) is 24.7. The lowest BCUT2D eigenvalue weighted by Gasteiger charge is -2.64. The number of ether oxygens (including phenoxy) is 2. The van der Waals surface area contributed by atoms with Gasteiger partial charge in [-0.2, -0.15) is 0 Å². The van der Waals surface area contributed by atoms with Crippen LogP contribution in [-0.4, -0.2) is 51.1 Å². The van der Waals surface area contributed by atoms with Crippen molar-refractivity contribution < 1.29 is 23.9 Å². The van der Waals surface area contributed by atoms with Gasteiger partial charge in [0, 0.05) is 6.42 Å². The Kier molecular flexibility index (Phi) is 7.71. The van der Waals surface area contributed by atoms with Crippen molar-refractivity contribution in [2.75, 3.05) is 6.61 Å². The summed E-state index contributed by atoms with van der Waals surface area (Å²) < 4.78 is 11.6. The Hall–Kier alpha value is -4.39. The third-order valence-corrected chi connectivity index (χ3v) is 8.13. The predicted octanol–water partition coefficient (Wildman–Crippen LogP) is 6.42. The predicted molar refractivity (Wildman–Crippen MR) is 160 cm³/mol. The van der Waals surface area contributed by atoms with E-state index in [0.29, 0.717) is 0 Å². The van der Waals surface area contributed by atoms with Crippen molar-refractivity contribution in [3.63, 3.8) is 0 Å². The maximum Gasteiger partial charge on any atom is 0.411 e. The molecule has 42 heavy (non-hydrogen) atoms. The van der Waals surface area contributed by atoms with Gasteiger partial charge in [-0.15, -0.1) is 6.58 Å². The van der Waals surface area contributed by atoms with E-state index < -0.39 is 40.8 Å². The first-order valence-corrected chi connectivity index (χ1v) is 14.3. The Labute approximate surface area is 247 Å². The van der Waals surface area contributed by atoms with Crippen LogP contribution in [0.1, 0.15) is 62.9 Å². The van der Waals surface area contributed by atoms with E-state index in [-0.39, 0.29) is 25.4 Å². The normalized spacial score (nSPS) is 23.5. The van der Waals surface area contributed by atoms with Crippen molar-refractivity contribution in [2.45, 2.75) is 69.3 Å². The van der Waals surface area contributed by atoms with Gasteiger partial charge in [-0.3, -0.25) is 9.69 Å². The van der Waals surface area contributed by atoms with Crippen molar-refractivity contribution in [2.24, 2.45) is 0 Å². The highest BCUT2D eigenvalue weighted by Crippen LogP contribution is 2.56. The number of carbonyl (C=O) groups excluding carboxylic acids is 3. The molecule has 0 aromatic heterocycles. The molecule has 3 aromatic carbocycles. The Morgan fingerprint density at radius 2 is 1.48 bits per heavy atom. The lowest BCUT2D eigenvalue weighted by Crippen LogP contribution is -2.81. The van der Waals surface area contributed by atoms with Crippen LogP contribution in [0.15, 0.2) is 104 Å². The van der Waals surface area contributed by atoms with E-state index in [1.165, 1.54) is 0 Å². The highest BCUT2D eigenvalue weighted by Gasteiger charge is 2.72. The molecular formula is C35H38N2O5. The van der Waals surface area contributed by atoms with Crippen molar-refractivity contribution in [3.8, 4) is 0 Å². The minimum absolute atomic E-state index is 0.115. The van der Waals surface area contributed by atoms with Crippen LogP contribution in [0.4, 0.5) is 4.79 Å². The van der Waals surface area contributed by atoms with Crippen LogP contribution in [0, 0.1) is 0 Å². The number of hydrogen-bond acceptors (Lipinski definition) is 5. The summed E-state index contributed by atoms with van der Waals surface area (Å²) in [7, 11) is 0. The van der Waals surface area contributed by atoms with Gasteiger partial charge in [0.25, 0.3) is 5.91 Å². The number of carbonyl (C=O) groups is 3. The number of β-lactam (4-membered cyclic amide) rings is 1. The highest BCUT2D eigenvalue weighted by atomic mass is 16.6. The Morgan fingerprint density at radius 1 is 0.929 bits per heavy atom. The fourth-order valence-electron chi connectivity index (χ4n) is 6.29. The van der Waals surface area contributed by atoms with E-state index >= 15 is 4.79 Å². The van der Waals surface area contributed by atoms with Gasteiger partial charge in [0.1, 0.15) is 17.7 Å². The monoisotopic (exact) mass is 566 g/mol. The third kappa shape index (κ3) is 4.97. The molecule has 0 aliphatic carbocycles. The second-order valence-electron chi connectivity index (χ2n) is 12.2. The maximum atomic E-state index is 15.0. The standard InChI is InChI=1S/C35H38N2O5/c1-6-22-34(5,31(39)42-33(2,3)4)37-29(27-20-14-9-15-21-27)35(30(37)38,23-25-16-10-7-11-17-25)36-28(24-41-32(36)40)26-18-12-8-13-19-26/h6-21,28-29H,1,22-24H2,2-5H3/t28-,29-,34+,35-/m1/s1. The first-order chi connectivity index (χ1) is 20.0. The van der Waals surface area contributed by atoms with Crippen molar-refractivity contribution >= 4 is 18.0 Å². The first-order valence-electron chi connectivity index (χ1n) is 14.3. The molecular weight excluding hydrogens is 528 g/mol. The molecule has 5 rings (SSSR count). The molecule has 218 valence electrons. The van der Waals surface area contributed by atoms with Gasteiger partial charge in [0.15, 0.2) is 5.54 Å². The Balaban J connectivity index is 1.73. The summed E-state index contributed by atoms with van der Waals surface area (Å²) in [5.41, 5.74) is -0.956. The molecule has 0 unspecified atom stereocenters. The van der Waals surface area contributed by atoms with Crippen molar-refractivity contribution in [3.05, 3.63) is 120 Å². The maximum absolute atomic E-state index is 15.0. The van der Waals surface area contributed by atoms with Crippen LogP contribution in [0.5, 0.6) is 0 Å². The average molecular weight is 567 g/mol. The fourth-order valence-corrected chi connectivity index (χ4v) is 6.29. The van der Waals surface area contributed by atoms with Gasteiger partial charge in [0.2, 0.25) is 0 Å². The molecule has 2 aliphatic heterocycles. The molecule has 7 heteroatoms. The zero-order valence-electron chi connectivity index (χ0n) is 24.7. The van der Waals surface area contributed by atoms with Gasteiger partial charge in [-0.25, -0.2) is 9.59 Å². The molecule has 7 nitrogen and oxygen atoms in total. The van der Waals surface area contributed by atoms with Crippen LogP contribution in [-0.2, 0) is 25.5 Å². The summed E-state index contributed by atoms with van der Waals surface area (Å²) in [6.07, 6.45) is 1.48. The largest absolute Gasteiger partial charge is 0.458 e. The number of benzene rings is 3. The molecule has 2 heterocycles. The second-order valence-corrected chi connectivity index (χ2v) is 12.2. The minimum atomic E-state index is -1.38. The molecule has 2 saturated heterocycles. The zero-order chi connectivity index (χ0) is 30.1. The molecule has 3 aromatic rings. The Bertz CT molecular complexity index is 1450. The smallest absolute Gasteiger partial charge is 0.411 e. The topological polar surface area (TPSA) is 76.2 Å². The van der Waals surface area contributed by atoms with E-state index in [0.717, 1.165) is 16.7 Å². The van der Waals surface area contributed by atoms with Crippen LogP contribution in [0.2, 0.25) is 0 Å². The molecule has 0 radical (unpaired) electrons. The van der Waals surface area contributed by atoms with Gasteiger partial charge in [0.05, 0.1) is 12.1 Å². The molecule has 2 amide bonds. The third-order valence-electron chi connectivity index (χ3n) is 8.13. The summed E-state index contributed by atoms with van der Waals surface area (Å²) in [6.45, 7) is 11.1. The molecule has 2 fully saturated rings. The second kappa shape index (κ2) is 11.1. The minimum Gasteiger partial charge on any atom is -0.458 e. The summed E-state index contributed by atoms with van der Waals surface area (Å²) >= 11 is 0. The van der Waals surface area contributed by atoms with E-state index in [1.807, 2.05) is 91.0 Å². The number of cyclic esters (lactones) is 1. The van der Waals surface area contributed by atoms with Crippen LogP contribution >= 0.6 is 0 Å². The number of amides is 2. The van der Waals surface area contributed by atoms with Gasteiger partial charge < -0.3 is 14.4 Å². The van der Waals surface area contributed by atoms with Crippen LogP contribution in [0.25, 0.3) is 0 Å². The van der Waals surface area contributed by atoms with E-state index in [9.17, 15) is 9.59 Å². The van der Waals surface area contributed by atoms with Crippen LogP contribution in [0.3, 0.4) is 0 Å². The van der Waals surface area contributed by atoms with Crippen molar-refractivity contribution in [1.82, 2.24) is 9.80 Å². The van der Waals surface area contributed by atoms with Gasteiger partial charge in [-0.1, -0.05) is 97.1 Å². The highest BCUT2D eigenvalue weighted by molar-refractivity contribution is 6.02. The molecule has 0 N–H and O–H groups in total. The lowest BCUT2D eigenvalue weighted by atomic mass is 9.66. The summed E-state index contributed by atoms with van der Waals surface area (Å²) in [5.74, 6) is -0.865. The molecule has 4 atom stereocenters. The number of rotatable bonds is 9. The van der Waals surface area contributed by atoms with E-state index in [1.54, 1.807) is 43.6 Å². The summed E-state index contributed by atoms with van der Waals surface area (Å²) in [5, 5.41) is 0. The number of esters is 1. The molecule has 0 spiro atoms. The fraction of sp³-hybridized carbons (Fsp3) is 0.343. The molecule has 2 aliphatic rings. The van der Waals surface area contributed by atoms with E-state index in [2.05, 4.69) is 6.58 Å². The van der Waals surface area contributed by atoms with Gasteiger partial charge in [-0.05, 0) is 50.8 Å². The molecule has 0 bridgehead atoms.